The highest BCUT2D eigenvalue weighted by Crippen LogP contribution is 2.10. The summed E-state index contributed by atoms with van der Waals surface area (Å²) in [6, 6.07) is 15.0. The first-order chi connectivity index (χ1) is 16.8. The highest BCUT2D eigenvalue weighted by atomic mass is 32.2. The topological polar surface area (TPSA) is 150 Å². The van der Waals surface area contributed by atoms with E-state index in [4.69, 9.17) is 5.73 Å². The van der Waals surface area contributed by atoms with Crippen LogP contribution in [0.3, 0.4) is 0 Å². The lowest BCUT2D eigenvalue weighted by Gasteiger charge is -2.12. The first-order valence-electron chi connectivity index (χ1n) is 11.0. The Kier molecular flexibility index (Phi) is 9.51. The molecule has 0 amide bonds. The number of ketones is 2. The lowest BCUT2D eigenvalue weighted by molar-refractivity contribution is -0.118. The summed E-state index contributed by atoms with van der Waals surface area (Å²) in [6.07, 6.45) is 0. The van der Waals surface area contributed by atoms with Gasteiger partial charge in [0.1, 0.15) is 17.3 Å². The number of carbonyl (C=O) groups excluding carboxylic acids is 2. The Morgan fingerprint density at radius 2 is 1.31 bits per heavy atom. The number of hydrogen-bond acceptors (Lipinski definition) is 7. The quantitative estimate of drug-likeness (QED) is 0.467. The standard InChI is InChI=1S/C16H18N2O4S.C9H12N2O2/c1-12-8-9-15(16(20)18(12)10-13(2)19)17-23(21,22)11-14-6-4-3-5-7-14;1-6-3-4-8(10)9(13)11(6)5-7(2)12/h3-9,17H,10-11H2,1-2H3;3-4H,5,10H2,1-2H3. The number of hydrogen-bond donors (Lipinski definition) is 2. The van der Waals surface area contributed by atoms with Crippen LogP contribution in [-0.2, 0) is 38.5 Å². The number of sulfonamides is 1. The van der Waals surface area contributed by atoms with Gasteiger partial charge in [0.15, 0.2) is 0 Å². The average molecular weight is 515 g/mol. The first kappa shape index (κ1) is 28.2. The molecule has 2 aromatic heterocycles. The lowest BCUT2D eigenvalue weighted by Crippen LogP contribution is -2.29. The summed E-state index contributed by atoms with van der Waals surface area (Å²) in [5.41, 5.74) is 6.66. The predicted molar refractivity (Wildman–Crippen MR) is 139 cm³/mol. The van der Waals surface area contributed by atoms with Gasteiger partial charge in [0.2, 0.25) is 10.0 Å². The van der Waals surface area contributed by atoms with Crippen LogP contribution in [-0.4, -0.2) is 29.1 Å². The van der Waals surface area contributed by atoms with E-state index in [9.17, 15) is 27.6 Å². The molecule has 10 nitrogen and oxygen atoms in total. The maximum Gasteiger partial charge on any atom is 0.275 e. The minimum Gasteiger partial charge on any atom is -0.394 e. The van der Waals surface area contributed by atoms with Gasteiger partial charge >= 0.3 is 0 Å². The molecule has 11 heteroatoms. The second kappa shape index (κ2) is 12.1. The molecule has 0 aliphatic heterocycles. The van der Waals surface area contributed by atoms with Gasteiger partial charge in [-0.05, 0) is 57.5 Å². The number of nitrogens with zero attached hydrogens (tertiary/aromatic N) is 2. The van der Waals surface area contributed by atoms with Gasteiger partial charge in [-0.1, -0.05) is 30.3 Å². The Labute approximate surface area is 209 Å². The minimum atomic E-state index is -3.72. The molecule has 0 aliphatic rings. The monoisotopic (exact) mass is 514 g/mol. The van der Waals surface area contributed by atoms with Crippen molar-refractivity contribution in [2.45, 2.75) is 46.5 Å². The van der Waals surface area contributed by atoms with Crippen molar-refractivity contribution < 1.29 is 18.0 Å². The second-order valence-corrected chi connectivity index (χ2v) is 10.1. The molecule has 0 unspecified atom stereocenters. The largest absolute Gasteiger partial charge is 0.394 e. The van der Waals surface area contributed by atoms with Gasteiger partial charge in [-0.15, -0.1) is 0 Å². The number of nitrogens with two attached hydrogens (primary N) is 1. The number of aryl methyl sites for hydroxylation is 2. The smallest absolute Gasteiger partial charge is 0.275 e. The van der Waals surface area contributed by atoms with Crippen molar-refractivity contribution in [3.05, 3.63) is 92.3 Å². The summed E-state index contributed by atoms with van der Waals surface area (Å²) in [7, 11) is -3.72. The molecule has 0 atom stereocenters. The number of carbonyl (C=O) groups is 2. The number of aromatic nitrogens is 2. The third-order valence-corrected chi connectivity index (χ3v) is 6.29. The summed E-state index contributed by atoms with van der Waals surface area (Å²) in [4.78, 5) is 45.8. The van der Waals surface area contributed by atoms with E-state index in [0.29, 0.717) is 11.3 Å². The molecular weight excluding hydrogens is 484 g/mol. The van der Waals surface area contributed by atoms with Crippen molar-refractivity contribution in [3.8, 4) is 0 Å². The lowest BCUT2D eigenvalue weighted by atomic mass is 10.2. The van der Waals surface area contributed by atoms with E-state index in [-0.39, 0.29) is 47.3 Å². The van der Waals surface area contributed by atoms with E-state index in [2.05, 4.69) is 4.72 Å². The molecule has 0 fully saturated rings. The van der Waals surface area contributed by atoms with Crippen molar-refractivity contribution in [2.75, 3.05) is 10.5 Å². The number of benzene rings is 1. The molecule has 1 aromatic carbocycles. The molecule has 0 saturated carbocycles. The predicted octanol–water partition coefficient (Wildman–Crippen LogP) is 2.02. The zero-order valence-electron chi connectivity index (χ0n) is 20.6. The molecule has 0 aliphatic carbocycles. The van der Waals surface area contributed by atoms with Crippen LogP contribution < -0.4 is 21.6 Å². The fourth-order valence-electron chi connectivity index (χ4n) is 3.27. The highest BCUT2D eigenvalue weighted by molar-refractivity contribution is 7.91. The van der Waals surface area contributed by atoms with E-state index in [0.717, 1.165) is 5.69 Å². The summed E-state index contributed by atoms with van der Waals surface area (Å²) < 4.78 is 29.4. The summed E-state index contributed by atoms with van der Waals surface area (Å²) in [5.74, 6) is -0.469. The molecule has 192 valence electrons. The van der Waals surface area contributed by atoms with Crippen LogP contribution in [0.4, 0.5) is 11.4 Å². The Balaban J connectivity index is 0.000000297. The molecule has 0 spiro atoms. The van der Waals surface area contributed by atoms with Crippen molar-refractivity contribution in [1.29, 1.82) is 0 Å². The Bertz CT molecular complexity index is 1470. The number of nitrogen functional groups attached to an aromatic ring is 1. The Hall–Kier alpha value is -3.99. The van der Waals surface area contributed by atoms with Crippen LogP contribution in [0.2, 0.25) is 0 Å². The SMILES string of the molecule is CC(=O)Cn1c(C)ccc(N)c1=O.CC(=O)Cn1c(C)ccc(NS(=O)(=O)Cc2ccccc2)c1=O. The molecule has 0 saturated heterocycles. The van der Waals surface area contributed by atoms with Gasteiger partial charge in [0.25, 0.3) is 11.1 Å². The molecule has 36 heavy (non-hydrogen) atoms. The summed E-state index contributed by atoms with van der Waals surface area (Å²) in [6.45, 7) is 6.28. The number of pyridine rings is 2. The molecule has 3 rings (SSSR count). The second-order valence-electron chi connectivity index (χ2n) is 8.35. The fraction of sp³-hybridized carbons (Fsp3) is 0.280. The van der Waals surface area contributed by atoms with Gasteiger partial charge in [-0.3, -0.25) is 23.9 Å². The molecular formula is C25H30N4O6S. The van der Waals surface area contributed by atoms with Crippen LogP contribution in [0, 0.1) is 13.8 Å². The maximum absolute atomic E-state index is 12.3. The van der Waals surface area contributed by atoms with Gasteiger partial charge < -0.3 is 14.9 Å². The first-order valence-corrected chi connectivity index (χ1v) is 12.7. The van der Waals surface area contributed by atoms with Crippen molar-refractivity contribution in [2.24, 2.45) is 0 Å². The van der Waals surface area contributed by atoms with E-state index in [1.807, 2.05) is 0 Å². The van der Waals surface area contributed by atoms with Gasteiger partial charge in [0.05, 0.1) is 24.5 Å². The number of rotatable bonds is 8. The third-order valence-electron chi connectivity index (χ3n) is 5.04. The van der Waals surface area contributed by atoms with Gasteiger partial charge in [0, 0.05) is 11.4 Å². The van der Waals surface area contributed by atoms with Crippen LogP contribution >= 0.6 is 0 Å². The normalized spacial score (nSPS) is 10.8. The molecule has 0 bridgehead atoms. The number of anilines is 2. The minimum absolute atomic E-state index is 0.0594. The van der Waals surface area contributed by atoms with E-state index < -0.39 is 15.6 Å². The zero-order chi connectivity index (χ0) is 27.0. The van der Waals surface area contributed by atoms with Crippen molar-refractivity contribution in [3.63, 3.8) is 0 Å². The molecule has 0 radical (unpaired) electrons. The van der Waals surface area contributed by atoms with Crippen LogP contribution in [0.1, 0.15) is 30.8 Å². The zero-order valence-corrected chi connectivity index (χ0v) is 21.5. The van der Waals surface area contributed by atoms with Crippen LogP contribution in [0.5, 0.6) is 0 Å². The fourth-order valence-corrected chi connectivity index (χ4v) is 4.47. The van der Waals surface area contributed by atoms with E-state index in [1.54, 1.807) is 62.4 Å². The number of nitrogens with one attached hydrogen (secondary N) is 1. The number of Topliss-reactive ketones (excluding diaryl/α,β-unsaturated/α-hetero) is 2. The summed E-state index contributed by atoms with van der Waals surface area (Å²) in [5, 5.41) is 0. The molecule has 3 N–H and O–H groups in total. The summed E-state index contributed by atoms with van der Waals surface area (Å²) >= 11 is 0. The van der Waals surface area contributed by atoms with Gasteiger partial charge in [-0.25, -0.2) is 8.42 Å². The molecule has 2 heterocycles. The van der Waals surface area contributed by atoms with Crippen LogP contribution in [0.15, 0.2) is 64.2 Å². The Morgan fingerprint density at radius 3 is 1.83 bits per heavy atom. The highest BCUT2D eigenvalue weighted by Gasteiger charge is 2.16. The third kappa shape index (κ3) is 8.05. The van der Waals surface area contributed by atoms with Gasteiger partial charge in [-0.2, -0.15) is 0 Å². The van der Waals surface area contributed by atoms with E-state index in [1.165, 1.54) is 29.0 Å². The average Bonchev–Trinajstić information content (AvgIpc) is 2.79. The van der Waals surface area contributed by atoms with Crippen molar-refractivity contribution in [1.82, 2.24) is 9.13 Å². The van der Waals surface area contributed by atoms with Crippen LogP contribution in [0.25, 0.3) is 0 Å². The van der Waals surface area contributed by atoms with E-state index >= 15 is 0 Å². The van der Waals surface area contributed by atoms with Crippen molar-refractivity contribution >= 4 is 33.0 Å². The Morgan fingerprint density at radius 1 is 0.806 bits per heavy atom. The maximum atomic E-state index is 12.3. The molecule has 3 aromatic rings.